The Morgan fingerprint density at radius 3 is 2.22 bits per heavy atom. The van der Waals surface area contributed by atoms with Gasteiger partial charge in [0.25, 0.3) is 11.8 Å². The second kappa shape index (κ2) is 27.8. The molecule has 5 aromatic rings. The van der Waals surface area contributed by atoms with Crippen LogP contribution in [0.25, 0.3) is 10.9 Å². The number of aromatic nitrogens is 1. The quantitative estimate of drug-likeness (QED) is 0.0175. The van der Waals surface area contributed by atoms with E-state index in [4.69, 9.17) is 14.8 Å². The first-order chi connectivity index (χ1) is 41.8. The summed E-state index contributed by atoms with van der Waals surface area (Å²) in [7, 11) is -4.99. The number of carbonyl (C=O) groups excluding carboxylic acids is 9. The van der Waals surface area contributed by atoms with Crippen molar-refractivity contribution in [3.05, 3.63) is 142 Å². The number of hydrogen-bond acceptors (Lipinski definition) is 12. The summed E-state index contributed by atoms with van der Waals surface area (Å²) in [4.78, 5) is 130. The molecule has 7 N–H and O–H groups in total. The van der Waals surface area contributed by atoms with Gasteiger partial charge in [-0.3, -0.25) is 53.0 Å². The first kappa shape index (κ1) is 62.9. The van der Waals surface area contributed by atoms with E-state index in [9.17, 15) is 42.9 Å². The Labute approximate surface area is 501 Å². The largest absolute Gasteiger partial charge is 0.404 e. The predicted octanol–water partition coefficient (Wildman–Crippen LogP) is 6.59. The molecule has 0 bridgehead atoms. The molecule has 1 unspecified atom stereocenters. The van der Waals surface area contributed by atoms with Crippen molar-refractivity contribution in [2.45, 2.75) is 139 Å². The minimum absolute atomic E-state index is 0.0881. The number of aromatic amines is 1. The Morgan fingerprint density at radius 1 is 0.828 bits per heavy atom. The molecular weight excluding hydrogens is 1140 g/mol. The van der Waals surface area contributed by atoms with E-state index in [1.54, 1.807) is 12.1 Å². The molecule has 3 fully saturated rings. The Kier molecular flexibility index (Phi) is 20.1. The first-order valence-electron chi connectivity index (χ1n) is 29.4. The molecule has 3 saturated heterocycles. The third-order valence-electron chi connectivity index (χ3n) is 16.2. The van der Waals surface area contributed by atoms with Crippen molar-refractivity contribution in [1.29, 1.82) is 0 Å². The lowest BCUT2D eigenvalue weighted by molar-refractivity contribution is -0.145. The summed E-state index contributed by atoms with van der Waals surface area (Å²) in [6.07, 6.45) is 2.96. The molecular formula is C63H70F2N9O12P. The van der Waals surface area contributed by atoms with E-state index < -0.39 is 90.5 Å². The topological polar surface area (TPSA) is 289 Å². The van der Waals surface area contributed by atoms with Gasteiger partial charge in [-0.05, 0) is 106 Å². The summed E-state index contributed by atoms with van der Waals surface area (Å²) >= 11 is 0. The SMILES string of the molecule is CCOP(=O)(OCC)C(F)(F)c1ccc2[nH]c(C(=O)N[C@H]3CN(C(=O)CCCCCC#Cc4cccc5c4CN(C4CCC(=O)NC4=O)C5=O)CC[C@H]4CC[C@@H](C(=O)N[C@@H](CCC(N)=O)C(=O)NC(c5ccccc5)c5ccccc5)N4C3=O)cc2c1. The molecule has 5 heterocycles. The van der Waals surface area contributed by atoms with Crippen molar-refractivity contribution >= 4 is 71.7 Å². The number of halogens is 2. The van der Waals surface area contributed by atoms with Gasteiger partial charge in [0.15, 0.2) is 0 Å². The lowest BCUT2D eigenvalue weighted by atomic mass is 9.98. The summed E-state index contributed by atoms with van der Waals surface area (Å²) in [5, 5.41) is 11.0. The average molecular weight is 1210 g/mol. The van der Waals surface area contributed by atoms with Crippen LogP contribution in [0.2, 0.25) is 0 Å². The van der Waals surface area contributed by atoms with Crippen molar-refractivity contribution in [1.82, 2.24) is 41.0 Å². The number of unbranched alkanes of at least 4 members (excludes halogenated alkanes) is 3. The first-order valence-corrected chi connectivity index (χ1v) is 30.9. The number of piperidine rings is 1. The van der Waals surface area contributed by atoms with E-state index in [-0.39, 0.29) is 112 Å². The number of nitrogens with zero attached hydrogens (tertiary/aromatic N) is 3. The second-order valence-electron chi connectivity index (χ2n) is 21.9. The molecule has 1 aromatic heterocycles. The van der Waals surface area contributed by atoms with Gasteiger partial charge in [-0.1, -0.05) is 91.1 Å². The van der Waals surface area contributed by atoms with Gasteiger partial charge in [0, 0.05) is 79.0 Å². The van der Waals surface area contributed by atoms with E-state index in [1.807, 2.05) is 66.7 Å². The van der Waals surface area contributed by atoms with Gasteiger partial charge in [-0.25, -0.2) is 0 Å². The highest BCUT2D eigenvalue weighted by Crippen LogP contribution is 2.67. The van der Waals surface area contributed by atoms with Gasteiger partial charge in [-0.2, -0.15) is 8.78 Å². The number of nitrogens with two attached hydrogens (primary N) is 1. The Morgan fingerprint density at radius 2 is 1.54 bits per heavy atom. The van der Waals surface area contributed by atoms with Crippen LogP contribution in [0.3, 0.4) is 0 Å². The Hall–Kier alpha value is -8.58. The van der Waals surface area contributed by atoms with E-state index in [2.05, 4.69) is 38.1 Å². The Bertz CT molecular complexity index is 3510. The van der Waals surface area contributed by atoms with Crippen LogP contribution in [0.5, 0.6) is 0 Å². The van der Waals surface area contributed by atoms with Crippen molar-refractivity contribution in [3.8, 4) is 11.8 Å². The fourth-order valence-electron chi connectivity index (χ4n) is 11.7. The van der Waals surface area contributed by atoms with E-state index in [0.29, 0.717) is 48.8 Å². The monoisotopic (exact) mass is 1210 g/mol. The van der Waals surface area contributed by atoms with Crippen LogP contribution >= 0.6 is 7.60 Å². The van der Waals surface area contributed by atoms with E-state index in [1.165, 1.54) is 40.7 Å². The standard InChI is InChI=1S/C63H70F2N9O12P/c1-3-85-87(84,86-4-2)63(64,65)43-25-27-47-42(35-43)36-49(67-47)58(79)69-50-38-72(55(77)24-15-7-5-6-10-17-39-22-16-23-45-46(39)37-73(61(45)82)51-30-32-54(76)70-59(51)80)34-33-44-26-29-52(74(44)62(50)83)60(81)68-48(28-31-53(66)75)57(78)71-56(40-18-11-8-12-19-40)41-20-13-9-14-21-41/h8-9,11-14,16,18-23,25,27,35-36,44,48,50-52,56,67H,3-7,15,24,26,28-34,37-38H2,1-2H3,(H2,66,75)(H,68,81)(H,69,79)(H,71,78)(H,70,76,80)/t44-,48+,50+,51?,52+/m1/s1. The molecule has 0 aliphatic carbocycles. The smallest absolute Gasteiger partial charge is 0.370 e. The summed E-state index contributed by atoms with van der Waals surface area (Å²) in [5.74, 6) is 1.35. The normalized spacial score (nSPS) is 19.1. The molecule has 87 heavy (non-hydrogen) atoms. The number of amides is 9. The number of fused-ring (bicyclic) bond motifs is 3. The minimum Gasteiger partial charge on any atom is -0.370 e. The lowest BCUT2D eigenvalue weighted by Gasteiger charge is -2.39. The maximum Gasteiger partial charge on any atom is 0.404 e. The number of H-pyrrole nitrogens is 1. The molecule has 0 saturated carbocycles. The van der Waals surface area contributed by atoms with Gasteiger partial charge in [0.05, 0.1) is 19.3 Å². The number of nitrogens with one attached hydrogen (secondary N) is 5. The number of rotatable bonds is 23. The van der Waals surface area contributed by atoms with Crippen LogP contribution in [-0.4, -0.2) is 129 Å². The van der Waals surface area contributed by atoms with E-state index in [0.717, 1.165) is 23.3 Å². The number of primary amides is 1. The van der Waals surface area contributed by atoms with Crippen LogP contribution in [0.4, 0.5) is 8.78 Å². The zero-order valence-electron chi connectivity index (χ0n) is 48.3. The van der Waals surface area contributed by atoms with E-state index >= 15 is 13.6 Å². The van der Waals surface area contributed by atoms with Gasteiger partial charge >= 0.3 is 13.3 Å². The molecule has 0 radical (unpaired) electrons. The highest BCUT2D eigenvalue weighted by Gasteiger charge is 2.55. The molecule has 21 nitrogen and oxygen atoms in total. The fraction of sp³-hybridized carbons (Fsp3) is 0.413. The van der Waals surface area contributed by atoms with Crippen molar-refractivity contribution in [3.63, 3.8) is 0 Å². The van der Waals surface area contributed by atoms with Crippen molar-refractivity contribution < 1.29 is 65.5 Å². The number of carbonyl (C=O) groups is 9. The summed E-state index contributed by atoms with van der Waals surface area (Å²) in [6.45, 7) is 2.22. The predicted molar refractivity (Wildman–Crippen MR) is 315 cm³/mol. The zero-order chi connectivity index (χ0) is 62.0. The van der Waals surface area contributed by atoms with Crippen molar-refractivity contribution in [2.75, 3.05) is 26.3 Å². The summed E-state index contributed by atoms with van der Waals surface area (Å²) in [5.41, 5.74) is 4.23. The van der Waals surface area contributed by atoms with Gasteiger partial charge in [-0.15, -0.1) is 0 Å². The van der Waals surface area contributed by atoms with Crippen LogP contribution in [-0.2, 0) is 59.4 Å². The molecule has 4 aromatic carbocycles. The summed E-state index contributed by atoms with van der Waals surface area (Å²) < 4.78 is 55.1. The Balaban J connectivity index is 0.902. The average Bonchev–Trinajstić information content (AvgIpc) is 1.91. The van der Waals surface area contributed by atoms with Crippen LogP contribution in [0.1, 0.15) is 146 Å². The molecule has 9 amide bonds. The second-order valence-corrected chi connectivity index (χ2v) is 24.0. The fourth-order valence-corrected chi connectivity index (χ4v) is 13.3. The number of imide groups is 1. The lowest BCUT2D eigenvalue weighted by Crippen LogP contribution is -2.62. The van der Waals surface area contributed by atoms with Crippen LogP contribution in [0.15, 0.2) is 103 Å². The zero-order valence-corrected chi connectivity index (χ0v) is 49.2. The number of alkyl halides is 2. The van der Waals surface area contributed by atoms with Crippen LogP contribution in [0, 0.1) is 11.8 Å². The van der Waals surface area contributed by atoms with Gasteiger partial charge < -0.3 is 50.4 Å². The maximum atomic E-state index is 15.9. The molecule has 24 heteroatoms. The maximum absolute atomic E-state index is 15.9. The third-order valence-corrected chi connectivity index (χ3v) is 18.3. The minimum atomic E-state index is -4.99. The molecule has 0 spiro atoms. The highest BCUT2D eigenvalue weighted by atomic mass is 31.2. The molecule has 4 aliphatic heterocycles. The van der Waals surface area contributed by atoms with Crippen LogP contribution < -0.4 is 27.0 Å². The molecule has 5 atom stereocenters. The van der Waals surface area contributed by atoms with Gasteiger partial charge in [0.1, 0.15) is 29.9 Å². The molecule has 9 rings (SSSR count). The number of benzene rings is 4. The third kappa shape index (κ3) is 14.3. The van der Waals surface area contributed by atoms with Gasteiger partial charge in [0.2, 0.25) is 41.4 Å². The highest BCUT2D eigenvalue weighted by molar-refractivity contribution is 7.54. The van der Waals surface area contributed by atoms with Crippen molar-refractivity contribution in [2.24, 2.45) is 5.73 Å². The molecule has 458 valence electrons. The summed E-state index contributed by atoms with van der Waals surface area (Å²) in [6, 6.07) is 22.4. The molecule has 4 aliphatic rings. The number of hydrogen-bond donors (Lipinski definition) is 6.